The van der Waals surface area contributed by atoms with E-state index in [9.17, 15) is 0 Å². The van der Waals surface area contributed by atoms with Crippen LogP contribution in [-0.4, -0.2) is 60.6 Å². The summed E-state index contributed by atoms with van der Waals surface area (Å²) in [6.45, 7) is 3.86. The number of nitrogens with one attached hydrogen (secondary N) is 2. The summed E-state index contributed by atoms with van der Waals surface area (Å²) in [6.07, 6.45) is 7.48. The standard InChI is InChI=1S/C24H32N6O.HI/c1-25-24(26-13-12-20-18-30-16-4-3-7-23(30)28-20)27-17-22(29-14-5-6-15-29)19-8-10-21(31-2)11-9-19;/h3-4,7-11,16,18,22H,5-6,12-15,17H2,1-2H3,(H2,25,26,27);1H. The summed E-state index contributed by atoms with van der Waals surface area (Å²) in [6, 6.07) is 14.8. The lowest BCUT2D eigenvalue weighted by molar-refractivity contribution is 0.245. The van der Waals surface area contributed by atoms with Crippen molar-refractivity contribution in [3.8, 4) is 5.75 Å². The van der Waals surface area contributed by atoms with E-state index >= 15 is 0 Å². The summed E-state index contributed by atoms with van der Waals surface area (Å²) in [5.74, 6) is 1.71. The van der Waals surface area contributed by atoms with Gasteiger partial charge in [-0.3, -0.25) is 9.89 Å². The zero-order valence-electron chi connectivity index (χ0n) is 18.8. The Hall–Kier alpha value is -2.33. The number of guanidine groups is 1. The van der Waals surface area contributed by atoms with Crippen molar-refractivity contribution in [1.82, 2.24) is 24.9 Å². The van der Waals surface area contributed by atoms with Crippen LogP contribution in [-0.2, 0) is 6.42 Å². The Morgan fingerprint density at radius 3 is 2.59 bits per heavy atom. The number of aromatic nitrogens is 2. The second kappa shape index (κ2) is 12.1. The summed E-state index contributed by atoms with van der Waals surface area (Å²) >= 11 is 0. The first-order valence-electron chi connectivity index (χ1n) is 11.0. The van der Waals surface area contributed by atoms with E-state index < -0.39 is 0 Å². The molecule has 0 radical (unpaired) electrons. The number of ether oxygens (including phenoxy) is 1. The number of fused-ring (bicyclic) bond motifs is 1. The first kappa shape index (κ1) is 24.3. The van der Waals surface area contributed by atoms with Gasteiger partial charge in [-0.2, -0.15) is 0 Å². The first-order chi connectivity index (χ1) is 15.3. The van der Waals surface area contributed by atoms with Gasteiger partial charge in [-0.25, -0.2) is 4.98 Å². The predicted octanol–water partition coefficient (Wildman–Crippen LogP) is 3.51. The van der Waals surface area contributed by atoms with Crippen molar-refractivity contribution in [3.05, 3.63) is 66.1 Å². The largest absolute Gasteiger partial charge is 0.497 e. The van der Waals surface area contributed by atoms with Crippen LogP contribution in [0.25, 0.3) is 5.65 Å². The average Bonchev–Trinajstić information content (AvgIpc) is 3.48. The summed E-state index contributed by atoms with van der Waals surface area (Å²) in [7, 11) is 3.52. The zero-order valence-corrected chi connectivity index (χ0v) is 21.2. The molecule has 2 aromatic heterocycles. The van der Waals surface area contributed by atoms with E-state index in [1.165, 1.54) is 18.4 Å². The van der Waals surface area contributed by atoms with E-state index in [1.54, 1.807) is 7.11 Å². The quantitative estimate of drug-likeness (QED) is 0.256. The molecule has 0 amide bonds. The number of hydrogen-bond acceptors (Lipinski definition) is 4. The van der Waals surface area contributed by atoms with Crippen molar-refractivity contribution in [2.24, 2.45) is 4.99 Å². The van der Waals surface area contributed by atoms with E-state index in [-0.39, 0.29) is 24.0 Å². The molecule has 1 saturated heterocycles. The number of pyridine rings is 1. The molecule has 32 heavy (non-hydrogen) atoms. The van der Waals surface area contributed by atoms with Gasteiger partial charge in [0.1, 0.15) is 11.4 Å². The number of hydrogen-bond donors (Lipinski definition) is 2. The molecule has 0 bridgehead atoms. The number of aliphatic imine (C=N–C) groups is 1. The smallest absolute Gasteiger partial charge is 0.191 e. The highest BCUT2D eigenvalue weighted by atomic mass is 127. The van der Waals surface area contributed by atoms with E-state index in [0.29, 0.717) is 6.04 Å². The van der Waals surface area contributed by atoms with Crippen LogP contribution in [0.4, 0.5) is 0 Å². The molecule has 3 heterocycles. The van der Waals surface area contributed by atoms with Crippen LogP contribution in [0.15, 0.2) is 59.9 Å². The van der Waals surface area contributed by atoms with Crippen LogP contribution in [0, 0.1) is 0 Å². The van der Waals surface area contributed by atoms with Gasteiger partial charge < -0.3 is 19.8 Å². The molecule has 1 atom stereocenters. The molecule has 3 aromatic rings. The second-order valence-electron chi connectivity index (χ2n) is 7.86. The molecule has 8 heteroatoms. The Kier molecular flexibility index (Phi) is 9.16. The zero-order chi connectivity index (χ0) is 21.5. The molecule has 7 nitrogen and oxygen atoms in total. The number of benzene rings is 1. The Labute approximate surface area is 207 Å². The summed E-state index contributed by atoms with van der Waals surface area (Å²) < 4.78 is 7.38. The van der Waals surface area contributed by atoms with E-state index in [2.05, 4.69) is 48.2 Å². The molecule has 1 aliphatic rings. The van der Waals surface area contributed by atoms with E-state index in [0.717, 1.165) is 55.7 Å². The number of nitrogens with zero attached hydrogens (tertiary/aromatic N) is 4. The molecule has 0 aliphatic carbocycles. The van der Waals surface area contributed by atoms with Crippen molar-refractivity contribution < 1.29 is 4.74 Å². The number of methoxy groups -OCH3 is 1. The lowest BCUT2D eigenvalue weighted by atomic mass is 10.1. The topological polar surface area (TPSA) is 66.2 Å². The predicted molar refractivity (Wildman–Crippen MR) is 140 cm³/mol. The van der Waals surface area contributed by atoms with Crippen molar-refractivity contribution >= 4 is 35.6 Å². The number of likely N-dealkylation sites (tertiary alicyclic amines) is 1. The van der Waals surface area contributed by atoms with Gasteiger partial charge in [0, 0.05) is 39.0 Å². The van der Waals surface area contributed by atoms with Gasteiger partial charge in [-0.1, -0.05) is 18.2 Å². The maximum Gasteiger partial charge on any atom is 0.191 e. The molecular formula is C24H33IN6O. The van der Waals surface area contributed by atoms with Gasteiger partial charge in [0.25, 0.3) is 0 Å². The Balaban J connectivity index is 0.00000289. The highest BCUT2D eigenvalue weighted by Gasteiger charge is 2.23. The van der Waals surface area contributed by atoms with Gasteiger partial charge in [0.15, 0.2) is 5.96 Å². The highest BCUT2D eigenvalue weighted by Crippen LogP contribution is 2.26. The Morgan fingerprint density at radius 2 is 1.91 bits per heavy atom. The molecule has 0 spiro atoms. The minimum Gasteiger partial charge on any atom is -0.497 e. The van der Waals surface area contributed by atoms with Crippen molar-refractivity contribution in [2.45, 2.75) is 25.3 Å². The summed E-state index contributed by atoms with van der Waals surface area (Å²) in [4.78, 5) is 11.6. The highest BCUT2D eigenvalue weighted by molar-refractivity contribution is 14.0. The maximum absolute atomic E-state index is 5.33. The molecule has 2 N–H and O–H groups in total. The molecule has 4 rings (SSSR count). The van der Waals surface area contributed by atoms with Crippen LogP contribution in [0.1, 0.15) is 30.1 Å². The molecule has 172 valence electrons. The fourth-order valence-electron chi connectivity index (χ4n) is 4.17. The van der Waals surface area contributed by atoms with Gasteiger partial charge in [-0.05, 0) is 55.8 Å². The van der Waals surface area contributed by atoms with Crippen molar-refractivity contribution in [1.29, 1.82) is 0 Å². The van der Waals surface area contributed by atoms with Crippen molar-refractivity contribution in [3.63, 3.8) is 0 Å². The fraction of sp³-hybridized carbons (Fsp3) is 0.417. The van der Waals surface area contributed by atoms with Crippen LogP contribution >= 0.6 is 24.0 Å². The van der Waals surface area contributed by atoms with Crippen LogP contribution < -0.4 is 15.4 Å². The lowest BCUT2D eigenvalue weighted by Crippen LogP contribution is -2.43. The summed E-state index contributed by atoms with van der Waals surface area (Å²) in [5, 5.41) is 6.96. The van der Waals surface area contributed by atoms with Gasteiger partial charge in [-0.15, -0.1) is 24.0 Å². The molecule has 1 fully saturated rings. The molecule has 1 aliphatic heterocycles. The third-order valence-corrected chi connectivity index (χ3v) is 5.86. The third-order valence-electron chi connectivity index (χ3n) is 5.86. The van der Waals surface area contributed by atoms with Gasteiger partial charge in [0.05, 0.1) is 18.8 Å². The maximum atomic E-state index is 5.33. The number of halogens is 1. The molecule has 1 unspecified atom stereocenters. The SMILES string of the molecule is CN=C(NCCc1cn2ccccc2n1)NCC(c1ccc(OC)cc1)N1CCCC1.I. The lowest BCUT2D eigenvalue weighted by Gasteiger charge is -2.29. The third kappa shape index (κ3) is 6.13. The van der Waals surface area contributed by atoms with Gasteiger partial charge >= 0.3 is 0 Å². The Bertz CT molecular complexity index is 964. The van der Waals surface area contributed by atoms with E-state index in [1.807, 2.05) is 43.6 Å². The Morgan fingerprint density at radius 1 is 1.12 bits per heavy atom. The molecule has 0 saturated carbocycles. The van der Waals surface area contributed by atoms with E-state index in [4.69, 9.17) is 4.74 Å². The number of rotatable bonds is 8. The molecular weight excluding hydrogens is 515 g/mol. The fourth-order valence-corrected chi connectivity index (χ4v) is 4.17. The minimum atomic E-state index is 0. The van der Waals surface area contributed by atoms with Crippen LogP contribution in [0.2, 0.25) is 0 Å². The van der Waals surface area contributed by atoms with Gasteiger partial charge in [0.2, 0.25) is 0 Å². The van der Waals surface area contributed by atoms with Crippen molar-refractivity contribution in [2.75, 3.05) is 40.3 Å². The summed E-state index contributed by atoms with van der Waals surface area (Å²) in [5.41, 5.74) is 3.35. The van der Waals surface area contributed by atoms with Crippen LogP contribution in [0.3, 0.4) is 0 Å². The average molecular weight is 548 g/mol. The van der Waals surface area contributed by atoms with Crippen LogP contribution in [0.5, 0.6) is 5.75 Å². The minimum absolute atomic E-state index is 0. The molecule has 1 aromatic carbocycles. The second-order valence-corrected chi connectivity index (χ2v) is 7.86. The monoisotopic (exact) mass is 548 g/mol. The number of imidazole rings is 1. The normalized spacial score (nSPS) is 15.4. The first-order valence-corrected chi connectivity index (χ1v) is 11.0.